The summed E-state index contributed by atoms with van der Waals surface area (Å²) in [6, 6.07) is 15.1. The van der Waals surface area contributed by atoms with Crippen molar-refractivity contribution in [2.24, 2.45) is 0 Å². The summed E-state index contributed by atoms with van der Waals surface area (Å²) in [6.45, 7) is 2.02. The van der Waals surface area contributed by atoms with Crippen LogP contribution in [0.15, 0.2) is 48.5 Å². The van der Waals surface area contributed by atoms with Gasteiger partial charge in [0, 0.05) is 10.6 Å². The first kappa shape index (κ1) is 15.7. The van der Waals surface area contributed by atoms with Crippen molar-refractivity contribution in [3.63, 3.8) is 0 Å². The first-order valence-corrected chi connectivity index (χ1v) is 8.81. The van der Waals surface area contributed by atoms with E-state index in [1.54, 1.807) is 22.7 Å². The Morgan fingerprint density at radius 1 is 1.05 bits per heavy atom. The van der Waals surface area contributed by atoms with E-state index in [4.69, 9.17) is 23.2 Å². The zero-order chi connectivity index (χ0) is 15.7. The Hall–Kier alpha value is -1.16. The summed E-state index contributed by atoms with van der Waals surface area (Å²) in [5.41, 5.74) is 1.68. The van der Waals surface area contributed by atoms with Gasteiger partial charge in [0.25, 0.3) is 0 Å². The van der Waals surface area contributed by atoms with Gasteiger partial charge in [-0.15, -0.1) is 11.8 Å². The van der Waals surface area contributed by atoms with Crippen molar-refractivity contribution in [3.05, 3.63) is 64.1 Å². The molecule has 3 rings (SSSR count). The van der Waals surface area contributed by atoms with E-state index in [2.05, 4.69) is 0 Å². The van der Waals surface area contributed by atoms with E-state index < -0.39 is 0 Å². The molecule has 0 saturated carbocycles. The maximum absolute atomic E-state index is 12.8. The van der Waals surface area contributed by atoms with Crippen molar-refractivity contribution in [1.82, 2.24) is 0 Å². The average molecular weight is 352 g/mol. The first-order valence-electron chi connectivity index (χ1n) is 7.11. The van der Waals surface area contributed by atoms with Gasteiger partial charge < -0.3 is 0 Å². The molecule has 2 unspecified atom stereocenters. The van der Waals surface area contributed by atoms with E-state index in [0.717, 1.165) is 17.7 Å². The number of hydrogen-bond acceptors (Lipinski definition) is 2. The lowest BCUT2D eigenvalue weighted by Gasteiger charge is -2.25. The minimum Gasteiger partial charge on any atom is -0.293 e. The third-order valence-electron chi connectivity index (χ3n) is 3.69. The molecule has 5 heteroatoms. The quantitative estimate of drug-likeness (QED) is 0.722. The molecule has 0 bridgehead atoms. The number of thioether (sulfide) groups is 1. The molecule has 0 aliphatic carbocycles. The van der Waals surface area contributed by atoms with Crippen molar-refractivity contribution in [3.8, 4) is 0 Å². The first-order chi connectivity index (χ1) is 10.6. The molecule has 22 heavy (non-hydrogen) atoms. The molecule has 1 heterocycles. The molecule has 2 aromatic rings. The predicted octanol–water partition coefficient (Wildman–Crippen LogP) is 5.55. The second-order valence-electron chi connectivity index (χ2n) is 5.07. The summed E-state index contributed by atoms with van der Waals surface area (Å²) in [5.74, 6) is 0.0884. The fourth-order valence-corrected chi connectivity index (χ4v) is 4.55. The van der Waals surface area contributed by atoms with Crippen LogP contribution < -0.4 is 4.90 Å². The number of anilines is 1. The zero-order valence-corrected chi connectivity index (χ0v) is 14.3. The molecule has 0 spiro atoms. The Balaban J connectivity index is 2.09. The SMILES string of the molecule is CCC1SC(c2ccccc2Cl)N(c2ccccc2Cl)C1=O. The van der Waals surface area contributed by atoms with Crippen molar-refractivity contribution < 1.29 is 4.79 Å². The van der Waals surface area contributed by atoms with Crippen LogP contribution in [0.2, 0.25) is 10.0 Å². The Morgan fingerprint density at radius 3 is 2.32 bits per heavy atom. The molecule has 2 nitrogen and oxygen atoms in total. The zero-order valence-electron chi connectivity index (χ0n) is 12.0. The van der Waals surface area contributed by atoms with Gasteiger partial charge in [-0.3, -0.25) is 9.69 Å². The molecule has 0 aromatic heterocycles. The summed E-state index contributed by atoms with van der Waals surface area (Å²) in [5, 5.41) is 1.02. The largest absolute Gasteiger partial charge is 0.293 e. The molecule has 114 valence electrons. The molecular formula is C17H15Cl2NOS. The summed E-state index contributed by atoms with van der Waals surface area (Å²) in [7, 11) is 0. The van der Waals surface area contributed by atoms with Gasteiger partial charge in [0.2, 0.25) is 5.91 Å². The lowest BCUT2D eigenvalue weighted by molar-refractivity contribution is -0.117. The smallest absolute Gasteiger partial charge is 0.241 e. The highest BCUT2D eigenvalue weighted by Gasteiger charge is 2.42. The number of nitrogens with zero attached hydrogens (tertiary/aromatic N) is 1. The molecule has 1 fully saturated rings. The van der Waals surface area contributed by atoms with E-state index >= 15 is 0 Å². The van der Waals surface area contributed by atoms with Crippen LogP contribution in [0.3, 0.4) is 0 Å². The average Bonchev–Trinajstić information content (AvgIpc) is 2.85. The monoisotopic (exact) mass is 351 g/mol. The lowest BCUT2D eigenvalue weighted by atomic mass is 10.1. The molecule has 1 aliphatic heterocycles. The minimum absolute atomic E-state index is 0.0717. The van der Waals surface area contributed by atoms with Gasteiger partial charge in [-0.25, -0.2) is 0 Å². The third-order valence-corrected chi connectivity index (χ3v) is 5.94. The fraction of sp³-hybridized carbons (Fsp3) is 0.235. The number of benzene rings is 2. The summed E-state index contributed by atoms with van der Waals surface area (Å²) < 4.78 is 0. The number of amides is 1. The van der Waals surface area contributed by atoms with E-state index in [0.29, 0.717) is 10.0 Å². The lowest BCUT2D eigenvalue weighted by Crippen LogP contribution is -2.31. The van der Waals surface area contributed by atoms with Crippen LogP contribution in [0.25, 0.3) is 0 Å². The Kier molecular flexibility index (Phi) is 4.67. The van der Waals surface area contributed by atoms with Crippen molar-refractivity contribution in [1.29, 1.82) is 0 Å². The topological polar surface area (TPSA) is 20.3 Å². The van der Waals surface area contributed by atoms with Gasteiger partial charge in [-0.05, 0) is 24.6 Å². The molecule has 1 aliphatic rings. The van der Waals surface area contributed by atoms with Crippen LogP contribution in [0.5, 0.6) is 0 Å². The third kappa shape index (κ3) is 2.73. The van der Waals surface area contributed by atoms with Crippen LogP contribution >= 0.6 is 35.0 Å². The van der Waals surface area contributed by atoms with E-state index in [1.807, 2.05) is 49.4 Å². The van der Waals surface area contributed by atoms with Crippen molar-refractivity contribution in [2.45, 2.75) is 24.0 Å². The highest BCUT2D eigenvalue weighted by atomic mass is 35.5. The normalized spacial score (nSPS) is 21.4. The fourth-order valence-electron chi connectivity index (χ4n) is 2.60. The van der Waals surface area contributed by atoms with Crippen LogP contribution in [0.4, 0.5) is 5.69 Å². The second-order valence-corrected chi connectivity index (χ2v) is 7.17. The Morgan fingerprint density at radius 2 is 1.68 bits per heavy atom. The number of rotatable bonds is 3. The number of hydrogen-bond donors (Lipinski definition) is 0. The van der Waals surface area contributed by atoms with Crippen LogP contribution in [0.1, 0.15) is 24.3 Å². The van der Waals surface area contributed by atoms with E-state index in [1.165, 1.54) is 0 Å². The molecule has 2 atom stereocenters. The molecule has 0 N–H and O–H groups in total. The minimum atomic E-state index is -0.147. The van der Waals surface area contributed by atoms with Gasteiger partial charge in [0.1, 0.15) is 5.37 Å². The van der Waals surface area contributed by atoms with E-state index in [-0.39, 0.29) is 16.5 Å². The highest BCUT2D eigenvalue weighted by molar-refractivity contribution is 8.01. The number of para-hydroxylation sites is 1. The summed E-state index contributed by atoms with van der Waals surface area (Å²) >= 11 is 14.3. The van der Waals surface area contributed by atoms with Crippen molar-refractivity contribution in [2.75, 3.05) is 4.90 Å². The maximum atomic E-state index is 12.8. The van der Waals surface area contributed by atoms with Crippen LogP contribution in [0, 0.1) is 0 Å². The number of carbonyl (C=O) groups is 1. The van der Waals surface area contributed by atoms with Gasteiger partial charge in [-0.1, -0.05) is 60.5 Å². The maximum Gasteiger partial charge on any atom is 0.241 e. The molecular weight excluding hydrogens is 337 g/mol. The highest BCUT2D eigenvalue weighted by Crippen LogP contribution is 2.49. The van der Waals surface area contributed by atoms with Gasteiger partial charge in [0.15, 0.2) is 0 Å². The second kappa shape index (κ2) is 6.53. The molecule has 1 amide bonds. The number of halogens is 2. The van der Waals surface area contributed by atoms with Gasteiger partial charge in [0.05, 0.1) is 16.0 Å². The van der Waals surface area contributed by atoms with Gasteiger partial charge in [-0.2, -0.15) is 0 Å². The van der Waals surface area contributed by atoms with E-state index in [9.17, 15) is 4.79 Å². The predicted molar refractivity (Wildman–Crippen MR) is 94.8 cm³/mol. The van der Waals surface area contributed by atoms with Crippen LogP contribution in [-0.4, -0.2) is 11.2 Å². The van der Waals surface area contributed by atoms with Crippen molar-refractivity contribution >= 4 is 46.6 Å². The summed E-state index contributed by atoms with van der Waals surface area (Å²) in [4.78, 5) is 14.6. The standard InChI is InChI=1S/C17H15Cl2NOS/c1-2-15-16(21)20(14-10-6-5-9-13(14)19)17(22-15)11-7-3-4-8-12(11)18/h3-10,15,17H,2H2,1H3. The Labute approximate surface area is 144 Å². The van der Waals surface area contributed by atoms with Crippen LogP contribution in [-0.2, 0) is 4.79 Å². The molecule has 0 radical (unpaired) electrons. The summed E-state index contributed by atoms with van der Waals surface area (Å²) in [6.07, 6.45) is 0.783. The Bertz CT molecular complexity index is 707. The number of carbonyl (C=O) groups excluding carboxylic acids is 1. The molecule has 2 aromatic carbocycles. The molecule has 1 saturated heterocycles. The van der Waals surface area contributed by atoms with Gasteiger partial charge >= 0.3 is 0 Å².